The van der Waals surface area contributed by atoms with Crippen LogP contribution in [0.5, 0.6) is 0 Å². The number of carbonyl (C=O) groups excluding carboxylic acids is 1. The molecule has 2 rings (SSSR count). The fourth-order valence-electron chi connectivity index (χ4n) is 2.86. The monoisotopic (exact) mass is 250 g/mol. The second-order valence-electron chi connectivity index (χ2n) is 5.35. The number of aryl methyl sites for hydroxylation is 1. The molecular formula is C13H22N4O. The second kappa shape index (κ2) is 5.00. The maximum Gasteiger partial charge on any atom is 0.276 e. The van der Waals surface area contributed by atoms with Crippen molar-refractivity contribution in [2.75, 3.05) is 12.8 Å². The van der Waals surface area contributed by atoms with Crippen LogP contribution in [0.15, 0.2) is 6.20 Å². The van der Waals surface area contributed by atoms with Gasteiger partial charge in [-0.25, -0.2) is 0 Å². The van der Waals surface area contributed by atoms with Gasteiger partial charge < -0.3 is 10.6 Å². The van der Waals surface area contributed by atoms with E-state index in [0.29, 0.717) is 23.3 Å². The van der Waals surface area contributed by atoms with E-state index in [1.165, 1.54) is 19.3 Å². The number of hydrogen-bond acceptors (Lipinski definition) is 3. The van der Waals surface area contributed by atoms with Crippen molar-refractivity contribution in [1.29, 1.82) is 0 Å². The number of nitrogens with zero attached hydrogens (tertiary/aromatic N) is 3. The first-order valence-corrected chi connectivity index (χ1v) is 6.57. The van der Waals surface area contributed by atoms with Crippen LogP contribution < -0.4 is 5.73 Å². The number of hydrogen-bond donors (Lipinski definition) is 1. The van der Waals surface area contributed by atoms with Crippen LogP contribution in [-0.4, -0.2) is 33.7 Å². The molecule has 100 valence electrons. The minimum Gasteiger partial charge on any atom is -0.396 e. The summed E-state index contributed by atoms with van der Waals surface area (Å²) in [7, 11) is 3.64. The van der Waals surface area contributed by atoms with Crippen LogP contribution in [0.25, 0.3) is 0 Å². The van der Waals surface area contributed by atoms with Crippen LogP contribution in [0, 0.1) is 5.92 Å². The molecule has 2 atom stereocenters. The molecule has 5 nitrogen and oxygen atoms in total. The summed E-state index contributed by atoms with van der Waals surface area (Å²) in [5, 5.41) is 4.15. The fourth-order valence-corrected chi connectivity index (χ4v) is 2.86. The average molecular weight is 250 g/mol. The van der Waals surface area contributed by atoms with Crippen molar-refractivity contribution in [3.8, 4) is 0 Å². The molecule has 0 aromatic carbocycles. The first-order valence-electron chi connectivity index (χ1n) is 6.57. The van der Waals surface area contributed by atoms with Gasteiger partial charge in [0.1, 0.15) is 0 Å². The predicted octanol–water partition coefficient (Wildman–Crippen LogP) is 1.65. The van der Waals surface area contributed by atoms with Gasteiger partial charge in [0, 0.05) is 26.3 Å². The maximum atomic E-state index is 12.4. The third-order valence-electron chi connectivity index (χ3n) is 3.94. The zero-order chi connectivity index (χ0) is 13.3. The number of aromatic nitrogens is 2. The van der Waals surface area contributed by atoms with Gasteiger partial charge >= 0.3 is 0 Å². The number of nitrogens with two attached hydrogens (primary N) is 1. The van der Waals surface area contributed by atoms with E-state index < -0.39 is 0 Å². The van der Waals surface area contributed by atoms with Crippen molar-refractivity contribution in [2.24, 2.45) is 13.0 Å². The zero-order valence-corrected chi connectivity index (χ0v) is 11.4. The molecule has 1 aromatic heterocycles. The summed E-state index contributed by atoms with van der Waals surface area (Å²) >= 11 is 0. The Morgan fingerprint density at radius 2 is 2.17 bits per heavy atom. The van der Waals surface area contributed by atoms with Crippen LogP contribution in [0.2, 0.25) is 0 Å². The molecule has 1 amide bonds. The van der Waals surface area contributed by atoms with Gasteiger partial charge in [0.05, 0.1) is 5.69 Å². The Balaban J connectivity index is 2.15. The summed E-state index contributed by atoms with van der Waals surface area (Å²) in [4.78, 5) is 14.2. The number of carbonyl (C=O) groups is 1. The smallest absolute Gasteiger partial charge is 0.276 e. The molecule has 2 N–H and O–H groups in total. The Kier molecular flexibility index (Phi) is 3.59. The Morgan fingerprint density at radius 1 is 1.50 bits per heavy atom. The second-order valence-corrected chi connectivity index (χ2v) is 5.35. The quantitative estimate of drug-likeness (QED) is 0.868. The highest BCUT2D eigenvalue weighted by Gasteiger charge is 2.30. The molecule has 1 heterocycles. The zero-order valence-electron chi connectivity index (χ0n) is 11.4. The van der Waals surface area contributed by atoms with Crippen molar-refractivity contribution in [1.82, 2.24) is 14.7 Å². The molecule has 0 spiro atoms. The van der Waals surface area contributed by atoms with Crippen LogP contribution in [0.3, 0.4) is 0 Å². The first-order chi connectivity index (χ1) is 8.50. The van der Waals surface area contributed by atoms with E-state index in [1.54, 1.807) is 17.9 Å². The van der Waals surface area contributed by atoms with Gasteiger partial charge in [0.2, 0.25) is 0 Å². The van der Waals surface area contributed by atoms with Crippen molar-refractivity contribution in [2.45, 2.75) is 38.6 Å². The average Bonchev–Trinajstić information content (AvgIpc) is 2.67. The molecule has 1 aliphatic carbocycles. The lowest BCUT2D eigenvalue weighted by Crippen LogP contribution is -2.43. The Morgan fingerprint density at radius 3 is 2.72 bits per heavy atom. The Bertz CT molecular complexity index is 440. The summed E-state index contributed by atoms with van der Waals surface area (Å²) in [6.07, 6.45) is 6.41. The standard InChI is InChI=1S/C13H22N4O/c1-9-6-4-5-7-11(9)17(3)13(18)12-10(14)8-16(2)15-12/h8-9,11H,4-7,14H2,1-3H3. The summed E-state index contributed by atoms with van der Waals surface area (Å²) in [5.74, 6) is 0.490. The highest BCUT2D eigenvalue weighted by Crippen LogP contribution is 2.28. The number of nitrogen functional groups attached to an aromatic ring is 1. The third kappa shape index (κ3) is 2.35. The Labute approximate surface area is 108 Å². The Hall–Kier alpha value is -1.52. The lowest BCUT2D eigenvalue weighted by atomic mass is 9.85. The van der Waals surface area contributed by atoms with Crippen LogP contribution >= 0.6 is 0 Å². The molecule has 0 aliphatic heterocycles. The molecule has 18 heavy (non-hydrogen) atoms. The number of anilines is 1. The van der Waals surface area contributed by atoms with Crippen LogP contribution in [-0.2, 0) is 7.05 Å². The molecule has 1 aromatic rings. The molecule has 0 saturated heterocycles. The van der Waals surface area contributed by atoms with Gasteiger partial charge in [-0.1, -0.05) is 19.8 Å². The van der Waals surface area contributed by atoms with Gasteiger partial charge in [-0.05, 0) is 18.8 Å². The largest absolute Gasteiger partial charge is 0.396 e. The van der Waals surface area contributed by atoms with Gasteiger partial charge in [0.25, 0.3) is 5.91 Å². The van der Waals surface area contributed by atoms with Crippen molar-refractivity contribution >= 4 is 11.6 Å². The normalized spacial score (nSPS) is 23.9. The van der Waals surface area contributed by atoms with Crippen LogP contribution in [0.1, 0.15) is 43.1 Å². The van der Waals surface area contributed by atoms with E-state index in [1.807, 2.05) is 11.9 Å². The highest BCUT2D eigenvalue weighted by molar-refractivity contribution is 5.97. The van der Waals surface area contributed by atoms with Gasteiger partial charge in [-0.3, -0.25) is 9.48 Å². The molecule has 0 radical (unpaired) electrons. The molecule has 1 saturated carbocycles. The maximum absolute atomic E-state index is 12.4. The number of rotatable bonds is 2. The summed E-state index contributed by atoms with van der Waals surface area (Å²) in [6.45, 7) is 2.22. The van der Waals surface area contributed by atoms with Crippen molar-refractivity contribution in [3.63, 3.8) is 0 Å². The SMILES string of the molecule is CC1CCCCC1N(C)C(=O)c1nn(C)cc1N. The first kappa shape index (κ1) is 12.9. The predicted molar refractivity (Wildman–Crippen MR) is 71.1 cm³/mol. The highest BCUT2D eigenvalue weighted by atomic mass is 16.2. The number of amides is 1. The van der Waals surface area contributed by atoms with Crippen molar-refractivity contribution < 1.29 is 4.79 Å². The molecule has 1 aliphatic rings. The molecule has 5 heteroatoms. The lowest BCUT2D eigenvalue weighted by Gasteiger charge is -2.36. The van der Waals surface area contributed by atoms with Gasteiger partial charge in [-0.2, -0.15) is 5.10 Å². The van der Waals surface area contributed by atoms with E-state index in [9.17, 15) is 4.79 Å². The topological polar surface area (TPSA) is 64.2 Å². The molecule has 1 fully saturated rings. The van der Waals surface area contributed by atoms with Gasteiger partial charge in [-0.15, -0.1) is 0 Å². The van der Waals surface area contributed by atoms with E-state index in [2.05, 4.69) is 12.0 Å². The minimum absolute atomic E-state index is 0.0631. The molecular weight excluding hydrogens is 228 g/mol. The van der Waals surface area contributed by atoms with E-state index in [0.717, 1.165) is 6.42 Å². The van der Waals surface area contributed by atoms with Crippen LogP contribution in [0.4, 0.5) is 5.69 Å². The minimum atomic E-state index is -0.0631. The fraction of sp³-hybridized carbons (Fsp3) is 0.692. The van der Waals surface area contributed by atoms with E-state index >= 15 is 0 Å². The molecule has 0 bridgehead atoms. The van der Waals surface area contributed by atoms with Crippen molar-refractivity contribution in [3.05, 3.63) is 11.9 Å². The van der Waals surface area contributed by atoms with E-state index in [-0.39, 0.29) is 5.91 Å². The van der Waals surface area contributed by atoms with E-state index in [4.69, 9.17) is 5.73 Å². The summed E-state index contributed by atoms with van der Waals surface area (Å²) in [5.41, 5.74) is 6.64. The third-order valence-corrected chi connectivity index (χ3v) is 3.94. The summed E-state index contributed by atoms with van der Waals surface area (Å²) < 4.78 is 1.58. The lowest BCUT2D eigenvalue weighted by molar-refractivity contribution is 0.0623. The van der Waals surface area contributed by atoms with Gasteiger partial charge in [0.15, 0.2) is 5.69 Å². The molecule has 2 unspecified atom stereocenters. The summed E-state index contributed by atoms with van der Waals surface area (Å²) in [6, 6.07) is 0.313.